The van der Waals surface area contributed by atoms with E-state index in [0.717, 1.165) is 16.5 Å². The zero-order valence-corrected chi connectivity index (χ0v) is 7.04. The average Bonchev–Trinajstić information content (AvgIpc) is 2.62. The van der Waals surface area contributed by atoms with Crippen molar-refractivity contribution in [1.82, 2.24) is 10.2 Å². The Morgan fingerprint density at radius 1 is 1.46 bits per heavy atom. The van der Waals surface area contributed by atoms with Crippen LogP contribution in [0, 0.1) is 11.8 Å². The first-order chi connectivity index (χ1) is 6.42. The first kappa shape index (κ1) is 7.84. The summed E-state index contributed by atoms with van der Waals surface area (Å²) in [6.07, 6.45) is 1.77. The molecule has 1 heterocycles. The summed E-state index contributed by atoms with van der Waals surface area (Å²) in [6, 6.07) is 5.87. The lowest BCUT2D eigenvalue weighted by Crippen LogP contribution is -1.93. The van der Waals surface area contributed by atoms with Gasteiger partial charge in [-0.15, -0.1) is 0 Å². The molecule has 0 aliphatic rings. The summed E-state index contributed by atoms with van der Waals surface area (Å²) in [5, 5.41) is 7.88. The minimum absolute atomic E-state index is 0.383. The van der Waals surface area contributed by atoms with Gasteiger partial charge < -0.3 is 5.73 Å². The highest BCUT2D eigenvalue weighted by Gasteiger charge is 1.97. The molecular weight excluding hydrogens is 162 g/mol. The Hall–Kier alpha value is -1.79. The number of hydrogen-bond donors (Lipinski definition) is 2. The van der Waals surface area contributed by atoms with Crippen LogP contribution in [0.1, 0.15) is 5.56 Å². The number of fused-ring (bicyclic) bond motifs is 1. The Morgan fingerprint density at radius 3 is 3.23 bits per heavy atom. The van der Waals surface area contributed by atoms with Crippen molar-refractivity contribution in [2.75, 3.05) is 6.54 Å². The third kappa shape index (κ3) is 1.40. The van der Waals surface area contributed by atoms with Crippen LogP contribution in [0.5, 0.6) is 0 Å². The van der Waals surface area contributed by atoms with Crippen LogP contribution in [-0.4, -0.2) is 16.7 Å². The van der Waals surface area contributed by atoms with Crippen molar-refractivity contribution in [3.8, 4) is 11.8 Å². The standard InChI is InChI=1S/C10H9N3/c11-6-2-4-8-3-1-5-10-9(8)7-12-13-10/h1,3,5,7H,6,11H2,(H,12,13). The van der Waals surface area contributed by atoms with Crippen LogP contribution in [0.2, 0.25) is 0 Å². The summed E-state index contributed by atoms with van der Waals surface area (Å²) in [7, 11) is 0. The topological polar surface area (TPSA) is 54.7 Å². The van der Waals surface area contributed by atoms with E-state index in [4.69, 9.17) is 5.73 Å². The van der Waals surface area contributed by atoms with Gasteiger partial charge in [0.15, 0.2) is 0 Å². The number of nitrogens with zero attached hydrogens (tertiary/aromatic N) is 1. The van der Waals surface area contributed by atoms with Crippen molar-refractivity contribution in [1.29, 1.82) is 0 Å². The fraction of sp³-hybridized carbons (Fsp3) is 0.100. The van der Waals surface area contributed by atoms with Crippen molar-refractivity contribution in [2.45, 2.75) is 0 Å². The Labute approximate surface area is 75.9 Å². The van der Waals surface area contributed by atoms with Crippen LogP contribution in [-0.2, 0) is 0 Å². The highest BCUT2D eigenvalue weighted by molar-refractivity contribution is 5.84. The van der Waals surface area contributed by atoms with Crippen LogP contribution in [0.25, 0.3) is 10.9 Å². The van der Waals surface area contributed by atoms with E-state index in [0.29, 0.717) is 6.54 Å². The van der Waals surface area contributed by atoms with Gasteiger partial charge in [0.25, 0.3) is 0 Å². The first-order valence-electron chi connectivity index (χ1n) is 4.03. The summed E-state index contributed by atoms with van der Waals surface area (Å²) in [5.74, 6) is 5.82. The summed E-state index contributed by atoms with van der Waals surface area (Å²) in [6.45, 7) is 0.383. The van der Waals surface area contributed by atoms with Crippen molar-refractivity contribution in [2.24, 2.45) is 5.73 Å². The lowest BCUT2D eigenvalue weighted by molar-refractivity contribution is 1.12. The van der Waals surface area contributed by atoms with Gasteiger partial charge in [-0.05, 0) is 12.1 Å². The van der Waals surface area contributed by atoms with Crippen LogP contribution in [0.3, 0.4) is 0 Å². The molecule has 0 radical (unpaired) electrons. The summed E-state index contributed by atoms with van der Waals surface area (Å²) in [5.41, 5.74) is 7.27. The molecule has 0 atom stereocenters. The highest BCUT2D eigenvalue weighted by Crippen LogP contribution is 2.14. The summed E-state index contributed by atoms with van der Waals surface area (Å²) < 4.78 is 0. The van der Waals surface area contributed by atoms with Crippen LogP contribution < -0.4 is 5.73 Å². The molecular formula is C10H9N3. The molecule has 0 bridgehead atoms. The Morgan fingerprint density at radius 2 is 2.38 bits per heavy atom. The van der Waals surface area contributed by atoms with Gasteiger partial charge in [-0.3, -0.25) is 5.10 Å². The molecule has 0 unspecified atom stereocenters. The zero-order chi connectivity index (χ0) is 9.10. The molecule has 3 heteroatoms. The minimum Gasteiger partial charge on any atom is -0.320 e. The Bertz CT molecular complexity index is 473. The largest absolute Gasteiger partial charge is 0.320 e. The smallest absolute Gasteiger partial charge is 0.0662 e. The van der Waals surface area contributed by atoms with Gasteiger partial charge >= 0.3 is 0 Å². The van der Waals surface area contributed by atoms with Gasteiger partial charge in [0, 0.05) is 10.9 Å². The molecule has 0 spiro atoms. The van der Waals surface area contributed by atoms with E-state index in [2.05, 4.69) is 22.0 Å². The molecule has 0 saturated heterocycles. The second-order valence-corrected chi connectivity index (χ2v) is 2.64. The molecule has 0 fully saturated rings. The number of aromatic nitrogens is 2. The minimum atomic E-state index is 0.383. The molecule has 13 heavy (non-hydrogen) atoms. The molecule has 0 saturated carbocycles. The van der Waals surface area contributed by atoms with E-state index < -0.39 is 0 Å². The van der Waals surface area contributed by atoms with Gasteiger partial charge in [-0.1, -0.05) is 17.9 Å². The van der Waals surface area contributed by atoms with E-state index >= 15 is 0 Å². The number of hydrogen-bond acceptors (Lipinski definition) is 2. The quantitative estimate of drug-likeness (QED) is 0.578. The number of aromatic amines is 1. The number of nitrogens with two attached hydrogens (primary N) is 1. The molecule has 0 amide bonds. The molecule has 3 nitrogen and oxygen atoms in total. The molecule has 2 aromatic rings. The molecule has 1 aromatic heterocycles. The number of nitrogens with one attached hydrogen (secondary N) is 1. The Kier molecular flexibility index (Phi) is 1.99. The van der Waals surface area contributed by atoms with Crippen LogP contribution >= 0.6 is 0 Å². The zero-order valence-electron chi connectivity index (χ0n) is 7.04. The maximum Gasteiger partial charge on any atom is 0.0662 e. The third-order valence-electron chi connectivity index (χ3n) is 1.81. The average molecular weight is 171 g/mol. The molecule has 0 aliphatic carbocycles. The van der Waals surface area contributed by atoms with E-state index in [-0.39, 0.29) is 0 Å². The Balaban J connectivity index is 2.61. The van der Waals surface area contributed by atoms with Crippen LogP contribution in [0.4, 0.5) is 0 Å². The maximum atomic E-state index is 5.30. The molecule has 0 aliphatic heterocycles. The molecule has 2 rings (SSSR count). The van der Waals surface area contributed by atoms with Gasteiger partial charge in [-0.25, -0.2) is 0 Å². The number of benzene rings is 1. The lowest BCUT2D eigenvalue weighted by atomic mass is 10.1. The van der Waals surface area contributed by atoms with Crippen molar-refractivity contribution < 1.29 is 0 Å². The molecule has 1 aromatic carbocycles. The fourth-order valence-electron chi connectivity index (χ4n) is 1.22. The monoisotopic (exact) mass is 171 g/mol. The predicted molar refractivity (Wildman–Crippen MR) is 52.0 cm³/mol. The van der Waals surface area contributed by atoms with Crippen molar-refractivity contribution in [3.05, 3.63) is 30.0 Å². The van der Waals surface area contributed by atoms with Gasteiger partial charge in [0.2, 0.25) is 0 Å². The number of H-pyrrole nitrogens is 1. The van der Waals surface area contributed by atoms with E-state index in [1.165, 1.54) is 0 Å². The molecule has 64 valence electrons. The van der Waals surface area contributed by atoms with Crippen molar-refractivity contribution >= 4 is 10.9 Å². The van der Waals surface area contributed by atoms with Gasteiger partial charge in [0.05, 0.1) is 18.3 Å². The van der Waals surface area contributed by atoms with Gasteiger partial charge in [-0.2, -0.15) is 5.10 Å². The van der Waals surface area contributed by atoms with E-state index in [9.17, 15) is 0 Å². The maximum absolute atomic E-state index is 5.30. The lowest BCUT2D eigenvalue weighted by Gasteiger charge is -1.91. The van der Waals surface area contributed by atoms with Crippen LogP contribution in [0.15, 0.2) is 24.4 Å². The highest BCUT2D eigenvalue weighted by atomic mass is 15.1. The number of rotatable bonds is 0. The normalized spacial score (nSPS) is 9.62. The second kappa shape index (κ2) is 3.30. The SMILES string of the molecule is NCC#Cc1cccc2[nH]ncc12. The summed E-state index contributed by atoms with van der Waals surface area (Å²) >= 11 is 0. The van der Waals surface area contributed by atoms with Gasteiger partial charge in [0.1, 0.15) is 0 Å². The summed E-state index contributed by atoms with van der Waals surface area (Å²) in [4.78, 5) is 0. The predicted octanol–water partition coefficient (Wildman–Crippen LogP) is 0.873. The molecule has 3 N–H and O–H groups in total. The van der Waals surface area contributed by atoms with E-state index in [1.807, 2.05) is 18.2 Å². The van der Waals surface area contributed by atoms with Crippen molar-refractivity contribution in [3.63, 3.8) is 0 Å². The second-order valence-electron chi connectivity index (χ2n) is 2.64. The van der Waals surface area contributed by atoms with E-state index in [1.54, 1.807) is 6.20 Å². The first-order valence-corrected chi connectivity index (χ1v) is 4.03. The third-order valence-corrected chi connectivity index (χ3v) is 1.81. The fourth-order valence-corrected chi connectivity index (χ4v) is 1.22.